The molecule has 1 unspecified atom stereocenters. The summed E-state index contributed by atoms with van der Waals surface area (Å²) >= 11 is 0. The first-order valence-electron chi connectivity index (χ1n) is 4.85. The molecule has 3 nitrogen and oxygen atoms in total. The van der Waals surface area contributed by atoms with E-state index in [-0.39, 0.29) is 6.10 Å². The molecule has 1 aliphatic heterocycles. The van der Waals surface area contributed by atoms with Crippen LogP contribution in [0.1, 0.15) is 26.7 Å². The second kappa shape index (κ2) is 4.80. The monoisotopic (exact) mass is 172 g/mol. The van der Waals surface area contributed by atoms with Gasteiger partial charge < -0.3 is 9.74 Å². The fourth-order valence-electron chi connectivity index (χ4n) is 1.85. The molecule has 1 heterocycles. The molecule has 0 bridgehead atoms. The van der Waals surface area contributed by atoms with Crippen molar-refractivity contribution in [3.63, 3.8) is 0 Å². The summed E-state index contributed by atoms with van der Waals surface area (Å²) in [6.45, 7) is 7.85. The largest absolute Gasteiger partial charge is 0.304 e. The van der Waals surface area contributed by atoms with Crippen LogP contribution in [0.3, 0.4) is 0 Å². The van der Waals surface area contributed by atoms with Crippen molar-refractivity contribution in [3.05, 3.63) is 0 Å². The van der Waals surface area contributed by atoms with Crippen molar-refractivity contribution in [2.75, 3.05) is 19.6 Å². The Morgan fingerprint density at radius 3 is 2.50 bits per heavy atom. The third-order valence-electron chi connectivity index (χ3n) is 2.96. The highest BCUT2D eigenvalue weighted by Crippen LogP contribution is 2.21. The molecule has 1 atom stereocenters. The van der Waals surface area contributed by atoms with Crippen molar-refractivity contribution in [3.8, 4) is 0 Å². The van der Waals surface area contributed by atoms with Gasteiger partial charge in [0.2, 0.25) is 0 Å². The van der Waals surface area contributed by atoms with E-state index in [9.17, 15) is 0 Å². The first-order chi connectivity index (χ1) is 5.77. The van der Waals surface area contributed by atoms with Gasteiger partial charge in [0.05, 0.1) is 6.10 Å². The van der Waals surface area contributed by atoms with Gasteiger partial charge in [-0.1, -0.05) is 6.92 Å². The molecule has 1 aliphatic rings. The van der Waals surface area contributed by atoms with Gasteiger partial charge in [-0.3, -0.25) is 0 Å². The molecule has 0 aromatic carbocycles. The Kier molecular flexibility index (Phi) is 3.98. The molecular formula is C9H20N2O. The topological polar surface area (TPSA) is 38.5 Å². The minimum atomic E-state index is 0.226. The van der Waals surface area contributed by atoms with Gasteiger partial charge >= 0.3 is 0 Å². The maximum absolute atomic E-state index is 5.16. The van der Waals surface area contributed by atoms with E-state index in [1.165, 1.54) is 32.5 Å². The second-order valence-electron chi connectivity index (χ2n) is 3.61. The van der Waals surface area contributed by atoms with E-state index in [0.717, 1.165) is 0 Å². The lowest BCUT2D eigenvalue weighted by Gasteiger charge is -2.33. The van der Waals surface area contributed by atoms with Crippen LogP contribution < -0.4 is 5.90 Å². The predicted octanol–water partition coefficient (Wildman–Crippen LogP) is 0.997. The highest BCUT2D eigenvalue weighted by Gasteiger charge is 2.22. The summed E-state index contributed by atoms with van der Waals surface area (Å²) < 4.78 is 0. The number of nitrogens with two attached hydrogens (primary N) is 1. The standard InChI is InChI=1S/C9H20N2O/c1-3-11-6-4-9(5-7-11)8(2)12-10/h8-9H,3-7,10H2,1-2H3. The van der Waals surface area contributed by atoms with Crippen LogP contribution in [0.2, 0.25) is 0 Å². The summed E-state index contributed by atoms with van der Waals surface area (Å²) in [5.41, 5.74) is 0. The number of rotatable bonds is 3. The number of hydrogen-bond acceptors (Lipinski definition) is 3. The molecule has 0 amide bonds. The average molecular weight is 172 g/mol. The lowest BCUT2D eigenvalue weighted by Crippen LogP contribution is -2.38. The molecule has 0 radical (unpaired) electrons. The normalized spacial score (nSPS) is 24.2. The Morgan fingerprint density at radius 1 is 1.50 bits per heavy atom. The lowest BCUT2D eigenvalue weighted by molar-refractivity contribution is 0.00151. The Bertz CT molecular complexity index is 122. The van der Waals surface area contributed by atoms with Crippen LogP contribution >= 0.6 is 0 Å². The number of piperidine rings is 1. The maximum Gasteiger partial charge on any atom is 0.0788 e. The molecule has 72 valence electrons. The van der Waals surface area contributed by atoms with Crippen molar-refractivity contribution in [2.45, 2.75) is 32.8 Å². The highest BCUT2D eigenvalue weighted by molar-refractivity contribution is 4.75. The SMILES string of the molecule is CCN1CCC(C(C)ON)CC1. The van der Waals surface area contributed by atoms with E-state index < -0.39 is 0 Å². The van der Waals surface area contributed by atoms with Crippen LogP contribution in [0.25, 0.3) is 0 Å². The molecule has 3 heteroatoms. The van der Waals surface area contributed by atoms with Crippen molar-refractivity contribution in [2.24, 2.45) is 11.8 Å². The van der Waals surface area contributed by atoms with Gasteiger partial charge in [-0.05, 0) is 45.3 Å². The Balaban J connectivity index is 2.25. The summed E-state index contributed by atoms with van der Waals surface area (Å²) in [4.78, 5) is 7.31. The third-order valence-corrected chi connectivity index (χ3v) is 2.96. The van der Waals surface area contributed by atoms with Crippen LogP contribution in [0.15, 0.2) is 0 Å². The molecule has 2 N–H and O–H groups in total. The van der Waals surface area contributed by atoms with Crippen LogP contribution in [-0.2, 0) is 4.84 Å². The van der Waals surface area contributed by atoms with Gasteiger partial charge in [0, 0.05) is 0 Å². The molecule has 0 spiro atoms. The van der Waals surface area contributed by atoms with Crippen molar-refractivity contribution in [1.82, 2.24) is 4.90 Å². The first-order valence-corrected chi connectivity index (χ1v) is 4.85. The molecule has 12 heavy (non-hydrogen) atoms. The van der Waals surface area contributed by atoms with Crippen LogP contribution in [0.5, 0.6) is 0 Å². The Hall–Kier alpha value is -0.120. The molecule has 0 aromatic rings. The summed E-state index contributed by atoms with van der Waals surface area (Å²) in [6, 6.07) is 0. The molecule has 1 saturated heterocycles. The van der Waals surface area contributed by atoms with Crippen molar-refractivity contribution >= 4 is 0 Å². The molecule has 0 aromatic heterocycles. The fourth-order valence-corrected chi connectivity index (χ4v) is 1.85. The Labute approximate surface area is 74.8 Å². The zero-order valence-corrected chi connectivity index (χ0v) is 8.12. The smallest absolute Gasteiger partial charge is 0.0788 e. The Morgan fingerprint density at radius 2 is 2.08 bits per heavy atom. The third kappa shape index (κ3) is 2.44. The van der Waals surface area contributed by atoms with Gasteiger partial charge in [0.1, 0.15) is 0 Å². The summed E-state index contributed by atoms with van der Waals surface area (Å²) in [7, 11) is 0. The number of hydrogen-bond donors (Lipinski definition) is 1. The van der Waals surface area contributed by atoms with Gasteiger partial charge in [0.15, 0.2) is 0 Å². The van der Waals surface area contributed by atoms with Crippen LogP contribution in [-0.4, -0.2) is 30.6 Å². The van der Waals surface area contributed by atoms with E-state index in [4.69, 9.17) is 10.7 Å². The molecular weight excluding hydrogens is 152 g/mol. The summed E-state index contributed by atoms with van der Waals surface area (Å²) in [6.07, 6.45) is 2.68. The van der Waals surface area contributed by atoms with E-state index in [2.05, 4.69) is 18.7 Å². The molecule has 1 rings (SSSR count). The van der Waals surface area contributed by atoms with Crippen LogP contribution in [0, 0.1) is 5.92 Å². The summed E-state index contributed by atoms with van der Waals surface area (Å²) in [5, 5.41) is 0. The maximum atomic E-state index is 5.16. The minimum absolute atomic E-state index is 0.226. The molecule has 0 aliphatic carbocycles. The molecule has 0 saturated carbocycles. The average Bonchev–Trinajstić information content (AvgIpc) is 2.17. The first kappa shape index (κ1) is 9.96. The van der Waals surface area contributed by atoms with E-state index >= 15 is 0 Å². The quantitative estimate of drug-likeness (QED) is 0.645. The van der Waals surface area contributed by atoms with Crippen molar-refractivity contribution < 1.29 is 4.84 Å². The molecule has 1 fully saturated rings. The van der Waals surface area contributed by atoms with Crippen molar-refractivity contribution in [1.29, 1.82) is 0 Å². The van der Waals surface area contributed by atoms with Gasteiger partial charge in [-0.2, -0.15) is 0 Å². The number of likely N-dealkylation sites (tertiary alicyclic amines) is 1. The highest BCUT2D eigenvalue weighted by atomic mass is 16.6. The zero-order chi connectivity index (χ0) is 8.97. The predicted molar refractivity (Wildman–Crippen MR) is 49.6 cm³/mol. The van der Waals surface area contributed by atoms with E-state index in [1.54, 1.807) is 0 Å². The van der Waals surface area contributed by atoms with Gasteiger partial charge in [-0.15, -0.1) is 0 Å². The fraction of sp³-hybridized carbons (Fsp3) is 1.00. The van der Waals surface area contributed by atoms with E-state index in [1.807, 2.05) is 0 Å². The lowest BCUT2D eigenvalue weighted by atomic mass is 9.92. The van der Waals surface area contributed by atoms with Gasteiger partial charge in [0.25, 0.3) is 0 Å². The number of nitrogens with zero attached hydrogens (tertiary/aromatic N) is 1. The van der Waals surface area contributed by atoms with Gasteiger partial charge in [-0.25, -0.2) is 5.90 Å². The van der Waals surface area contributed by atoms with E-state index in [0.29, 0.717) is 5.92 Å². The minimum Gasteiger partial charge on any atom is -0.304 e. The zero-order valence-electron chi connectivity index (χ0n) is 8.12. The second-order valence-corrected chi connectivity index (χ2v) is 3.61. The van der Waals surface area contributed by atoms with Crippen LogP contribution in [0.4, 0.5) is 0 Å². The summed E-state index contributed by atoms with van der Waals surface area (Å²) in [5.74, 6) is 5.82.